The van der Waals surface area contributed by atoms with Gasteiger partial charge in [-0.15, -0.1) is 0 Å². The molecule has 1 heterocycles. The fourth-order valence-corrected chi connectivity index (χ4v) is 2.85. The molecular weight excluding hydrogens is 416 g/mol. The number of aliphatic imine (C=N–C) groups is 1. The predicted molar refractivity (Wildman–Crippen MR) is 108 cm³/mol. The van der Waals surface area contributed by atoms with Crippen molar-refractivity contribution in [2.75, 3.05) is 6.61 Å². The molecule has 0 unspecified atom stereocenters. The first kappa shape index (κ1) is 21.0. The Hall–Kier alpha value is -3.72. The van der Waals surface area contributed by atoms with E-state index in [1.807, 2.05) is 0 Å². The van der Waals surface area contributed by atoms with Gasteiger partial charge >= 0.3 is 11.9 Å². The molecule has 0 aliphatic carbocycles. The van der Waals surface area contributed by atoms with Crippen LogP contribution in [-0.4, -0.2) is 29.4 Å². The summed E-state index contributed by atoms with van der Waals surface area (Å²) in [5.74, 6) is -0.911. The molecular formula is C20H15ClN2O7. The second kappa shape index (κ2) is 8.75. The van der Waals surface area contributed by atoms with Gasteiger partial charge in [0.15, 0.2) is 17.2 Å². The fourth-order valence-electron chi connectivity index (χ4n) is 2.59. The topological polar surface area (TPSA) is 117 Å². The standard InChI is InChI=1S/C20H15ClN2O7/c1-3-28-17-10-12(8-15(21)18(17)29-11(2)24)9-16-20(25)30-19(22-16)13-4-6-14(7-5-13)23(26)27/h4-10H,3H2,1-2H3/b16-9-. The van der Waals surface area contributed by atoms with E-state index >= 15 is 0 Å². The zero-order valence-corrected chi connectivity index (χ0v) is 16.6. The van der Waals surface area contributed by atoms with Crippen LogP contribution in [0.5, 0.6) is 11.5 Å². The summed E-state index contributed by atoms with van der Waals surface area (Å²) >= 11 is 6.21. The van der Waals surface area contributed by atoms with E-state index < -0.39 is 16.9 Å². The van der Waals surface area contributed by atoms with Crippen LogP contribution >= 0.6 is 11.6 Å². The highest BCUT2D eigenvalue weighted by atomic mass is 35.5. The van der Waals surface area contributed by atoms with Gasteiger partial charge in [0.05, 0.1) is 16.6 Å². The van der Waals surface area contributed by atoms with E-state index in [-0.39, 0.29) is 33.8 Å². The minimum Gasteiger partial charge on any atom is -0.490 e. The normalized spacial score (nSPS) is 14.3. The molecule has 0 fully saturated rings. The maximum atomic E-state index is 12.2. The predicted octanol–water partition coefficient (Wildman–Crippen LogP) is 3.92. The largest absolute Gasteiger partial charge is 0.490 e. The summed E-state index contributed by atoms with van der Waals surface area (Å²) in [6.07, 6.45) is 1.44. The summed E-state index contributed by atoms with van der Waals surface area (Å²) in [5, 5.41) is 10.9. The minimum absolute atomic E-state index is 0.00195. The number of non-ortho nitro benzene ring substituents is 1. The van der Waals surface area contributed by atoms with Crippen molar-refractivity contribution in [3.63, 3.8) is 0 Å². The number of cyclic esters (lactones) is 1. The highest BCUT2D eigenvalue weighted by Crippen LogP contribution is 2.37. The van der Waals surface area contributed by atoms with Crippen molar-refractivity contribution in [3.8, 4) is 11.5 Å². The van der Waals surface area contributed by atoms with Gasteiger partial charge in [-0.25, -0.2) is 9.79 Å². The van der Waals surface area contributed by atoms with Crippen molar-refractivity contribution in [1.29, 1.82) is 0 Å². The van der Waals surface area contributed by atoms with Crippen molar-refractivity contribution < 1.29 is 28.7 Å². The third-order valence-corrected chi connectivity index (χ3v) is 4.11. The number of esters is 2. The zero-order chi connectivity index (χ0) is 21.8. The van der Waals surface area contributed by atoms with Gasteiger partial charge in [-0.05, 0) is 42.8 Å². The molecule has 0 saturated carbocycles. The Labute approximate surface area is 175 Å². The molecule has 0 radical (unpaired) electrons. The van der Waals surface area contributed by atoms with E-state index in [2.05, 4.69) is 4.99 Å². The van der Waals surface area contributed by atoms with Gasteiger partial charge in [-0.3, -0.25) is 14.9 Å². The molecule has 30 heavy (non-hydrogen) atoms. The highest BCUT2D eigenvalue weighted by Gasteiger charge is 2.25. The Kier molecular flexibility index (Phi) is 6.12. The van der Waals surface area contributed by atoms with Crippen molar-refractivity contribution in [3.05, 3.63) is 68.4 Å². The van der Waals surface area contributed by atoms with Crippen molar-refractivity contribution in [2.45, 2.75) is 13.8 Å². The van der Waals surface area contributed by atoms with Crippen LogP contribution in [0.2, 0.25) is 5.02 Å². The lowest BCUT2D eigenvalue weighted by Gasteiger charge is -2.12. The van der Waals surface area contributed by atoms with Gasteiger partial charge in [-0.1, -0.05) is 11.6 Å². The second-order valence-corrected chi connectivity index (χ2v) is 6.40. The second-order valence-electron chi connectivity index (χ2n) is 6.00. The van der Waals surface area contributed by atoms with Crippen LogP contribution in [0.25, 0.3) is 6.08 Å². The number of rotatable bonds is 6. The molecule has 0 N–H and O–H groups in total. The van der Waals surface area contributed by atoms with E-state index in [1.165, 1.54) is 43.3 Å². The average molecular weight is 431 g/mol. The van der Waals surface area contributed by atoms with Gasteiger partial charge in [0.1, 0.15) is 0 Å². The third-order valence-electron chi connectivity index (χ3n) is 3.83. The van der Waals surface area contributed by atoms with Gasteiger partial charge in [-0.2, -0.15) is 0 Å². The van der Waals surface area contributed by atoms with E-state index in [0.717, 1.165) is 0 Å². The van der Waals surface area contributed by atoms with Crippen LogP contribution in [0, 0.1) is 10.1 Å². The van der Waals surface area contributed by atoms with Crippen molar-refractivity contribution in [1.82, 2.24) is 0 Å². The molecule has 0 bridgehead atoms. The molecule has 1 aliphatic heterocycles. The van der Waals surface area contributed by atoms with Crippen LogP contribution in [0.15, 0.2) is 47.1 Å². The number of ether oxygens (including phenoxy) is 3. The summed E-state index contributed by atoms with van der Waals surface area (Å²) in [6.45, 7) is 3.30. The van der Waals surface area contributed by atoms with Gasteiger partial charge in [0.2, 0.25) is 5.90 Å². The molecule has 0 saturated heterocycles. The van der Waals surface area contributed by atoms with Gasteiger partial charge in [0, 0.05) is 24.6 Å². The molecule has 10 heteroatoms. The Morgan fingerprint density at radius 3 is 2.60 bits per heavy atom. The Balaban J connectivity index is 1.94. The summed E-state index contributed by atoms with van der Waals surface area (Å²) in [7, 11) is 0. The first-order valence-corrected chi connectivity index (χ1v) is 9.08. The van der Waals surface area contributed by atoms with Crippen LogP contribution < -0.4 is 9.47 Å². The van der Waals surface area contributed by atoms with E-state index in [9.17, 15) is 19.7 Å². The molecule has 1 aliphatic rings. The van der Waals surface area contributed by atoms with E-state index in [4.69, 9.17) is 25.8 Å². The lowest BCUT2D eigenvalue weighted by atomic mass is 10.1. The van der Waals surface area contributed by atoms with Crippen LogP contribution in [0.3, 0.4) is 0 Å². The lowest BCUT2D eigenvalue weighted by Crippen LogP contribution is -2.06. The summed E-state index contributed by atoms with van der Waals surface area (Å²) in [4.78, 5) is 37.9. The quantitative estimate of drug-likeness (QED) is 0.224. The van der Waals surface area contributed by atoms with E-state index in [1.54, 1.807) is 13.0 Å². The van der Waals surface area contributed by atoms with Crippen molar-refractivity contribution in [2.24, 2.45) is 4.99 Å². The number of nitro groups is 1. The first-order chi connectivity index (χ1) is 14.3. The fraction of sp³-hybridized carbons (Fsp3) is 0.150. The number of carbonyl (C=O) groups is 2. The van der Waals surface area contributed by atoms with Crippen molar-refractivity contribution >= 4 is 41.2 Å². The van der Waals surface area contributed by atoms with Crippen LogP contribution in [0.1, 0.15) is 25.0 Å². The van der Waals surface area contributed by atoms with Gasteiger partial charge < -0.3 is 14.2 Å². The number of nitro benzene ring substituents is 1. The molecule has 0 spiro atoms. The zero-order valence-electron chi connectivity index (χ0n) is 15.9. The maximum Gasteiger partial charge on any atom is 0.363 e. The lowest BCUT2D eigenvalue weighted by molar-refractivity contribution is -0.384. The number of benzene rings is 2. The number of nitrogens with zero attached hydrogens (tertiary/aromatic N) is 2. The molecule has 2 aromatic carbocycles. The summed E-state index contributed by atoms with van der Waals surface area (Å²) in [5.41, 5.74) is 0.795. The summed E-state index contributed by atoms with van der Waals surface area (Å²) in [6, 6.07) is 8.48. The number of halogens is 1. The SMILES string of the molecule is CCOc1cc(/C=C2\N=C(c3ccc([N+](=O)[O-])cc3)OC2=O)cc(Cl)c1OC(C)=O. The highest BCUT2D eigenvalue weighted by molar-refractivity contribution is 6.32. The Morgan fingerprint density at radius 1 is 1.30 bits per heavy atom. The first-order valence-electron chi connectivity index (χ1n) is 8.70. The maximum absolute atomic E-state index is 12.2. The third kappa shape index (κ3) is 4.64. The number of hydrogen-bond donors (Lipinski definition) is 0. The van der Waals surface area contributed by atoms with E-state index in [0.29, 0.717) is 17.7 Å². The molecule has 9 nitrogen and oxygen atoms in total. The molecule has 0 amide bonds. The average Bonchev–Trinajstić information content (AvgIpc) is 3.05. The Bertz CT molecular complexity index is 1090. The molecule has 0 atom stereocenters. The van der Waals surface area contributed by atoms with Crippen LogP contribution in [-0.2, 0) is 14.3 Å². The molecule has 0 aromatic heterocycles. The monoisotopic (exact) mass is 430 g/mol. The number of hydrogen-bond acceptors (Lipinski definition) is 8. The van der Waals surface area contributed by atoms with Gasteiger partial charge in [0.25, 0.3) is 5.69 Å². The smallest absolute Gasteiger partial charge is 0.363 e. The summed E-state index contributed by atoms with van der Waals surface area (Å²) < 4.78 is 15.7. The molecule has 2 aromatic rings. The molecule has 154 valence electrons. The number of carbonyl (C=O) groups excluding carboxylic acids is 2. The molecule has 3 rings (SSSR count). The Morgan fingerprint density at radius 2 is 2.00 bits per heavy atom. The van der Waals surface area contributed by atoms with Crippen LogP contribution in [0.4, 0.5) is 5.69 Å². The minimum atomic E-state index is -0.693.